The first-order valence-corrected chi connectivity index (χ1v) is 22.8. The van der Waals surface area contributed by atoms with Gasteiger partial charge in [-0.05, 0) is 82.3 Å². The third-order valence-electron chi connectivity index (χ3n) is 9.29. The first-order valence-electron chi connectivity index (χ1n) is 19.1. The molecule has 2 aromatic carbocycles. The maximum atomic E-state index is 14.1. The van der Waals surface area contributed by atoms with Gasteiger partial charge in [0.2, 0.25) is 0 Å². The lowest BCUT2D eigenvalue weighted by Gasteiger charge is -2.32. The number of ether oxygens (including phenoxy) is 2. The highest BCUT2D eigenvalue weighted by Crippen LogP contribution is 2.29. The van der Waals surface area contributed by atoms with Crippen LogP contribution in [0.5, 0.6) is 0 Å². The van der Waals surface area contributed by atoms with Crippen LogP contribution in [0.25, 0.3) is 16.5 Å². The van der Waals surface area contributed by atoms with Crippen molar-refractivity contribution in [3.8, 4) is 0 Å². The number of aliphatic hydroxyl groups is 1. The Kier molecular flexibility index (Phi) is 13.8. The Bertz CT molecular complexity index is 2050. The maximum Gasteiger partial charge on any atom is 0.419 e. The fraction of sp³-hybridized carbons (Fsp3) is 0.429. The number of allylic oxidation sites excluding steroid dienone is 1. The lowest BCUT2D eigenvalue weighted by molar-refractivity contribution is -0.112. The number of carbonyl (C=O) groups is 3. The summed E-state index contributed by atoms with van der Waals surface area (Å²) in [5.41, 5.74) is 3.11. The lowest BCUT2D eigenvalue weighted by atomic mass is 10.1. The third kappa shape index (κ3) is 11.7. The van der Waals surface area contributed by atoms with E-state index in [1.54, 1.807) is 75.2 Å². The zero-order valence-electron chi connectivity index (χ0n) is 34.0. The van der Waals surface area contributed by atoms with Crippen molar-refractivity contribution in [1.82, 2.24) is 29.0 Å². The zero-order valence-corrected chi connectivity index (χ0v) is 35.0. The average molecular weight is 784 g/mol. The number of rotatable bonds is 14. The highest BCUT2D eigenvalue weighted by atomic mass is 28.3. The number of nitrogens with one attached hydrogen (secondary N) is 1. The summed E-state index contributed by atoms with van der Waals surface area (Å²) in [4.78, 5) is 47.0. The summed E-state index contributed by atoms with van der Waals surface area (Å²) in [5.74, 6) is -0.520. The van der Waals surface area contributed by atoms with E-state index in [0.717, 1.165) is 24.7 Å². The molecule has 1 aliphatic heterocycles. The lowest BCUT2D eigenvalue weighted by Crippen LogP contribution is -2.47. The summed E-state index contributed by atoms with van der Waals surface area (Å²) in [6.07, 6.45) is 5.96. The van der Waals surface area contributed by atoms with Crippen LogP contribution in [0.3, 0.4) is 0 Å². The molecule has 1 saturated heterocycles. The zero-order chi connectivity index (χ0) is 40.6. The summed E-state index contributed by atoms with van der Waals surface area (Å²) < 4.78 is 15.0. The van der Waals surface area contributed by atoms with Gasteiger partial charge in [-0.25, -0.2) is 9.36 Å². The van der Waals surface area contributed by atoms with Crippen LogP contribution in [-0.4, -0.2) is 119 Å². The van der Waals surface area contributed by atoms with E-state index in [0.29, 0.717) is 59.7 Å². The highest BCUT2D eigenvalue weighted by Gasteiger charge is 2.26. The highest BCUT2D eigenvalue weighted by molar-refractivity contribution is 6.76. The molecule has 5 rings (SSSR count). The largest absolute Gasteiger partial charge is 0.443 e. The molecule has 4 aromatic rings. The molecule has 0 spiro atoms. The summed E-state index contributed by atoms with van der Waals surface area (Å²) in [6, 6.07) is 18.0. The molecule has 0 unspecified atom stereocenters. The van der Waals surface area contributed by atoms with Crippen molar-refractivity contribution in [3.05, 3.63) is 102 Å². The third-order valence-corrected chi connectivity index (χ3v) is 11.0. The number of aromatic nitrogens is 3. The van der Waals surface area contributed by atoms with E-state index < -0.39 is 32.4 Å². The van der Waals surface area contributed by atoms with Crippen LogP contribution < -0.4 is 5.32 Å². The van der Waals surface area contributed by atoms with Gasteiger partial charge in [-0.2, -0.15) is 5.10 Å². The van der Waals surface area contributed by atoms with Gasteiger partial charge in [-0.1, -0.05) is 50.0 Å². The number of amides is 2. The number of anilines is 1. The van der Waals surface area contributed by atoms with Gasteiger partial charge >= 0.3 is 6.09 Å². The van der Waals surface area contributed by atoms with E-state index in [1.807, 2.05) is 48.3 Å². The van der Waals surface area contributed by atoms with E-state index in [-0.39, 0.29) is 18.2 Å². The number of carbonyl (C=O) groups excluding carboxylic acids is 3. The van der Waals surface area contributed by atoms with Crippen LogP contribution >= 0.6 is 0 Å². The van der Waals surface area contributed by atoms with Crippen LogP contribution in [0.2, 0.25) is 25.7 Å². The summed E-state index contributed by atoms with van der Waals surface area (Å²) >= 11 is 0. The second-order valence-electron chi connectivity index (χ2n) is 16.6. The molecule has 2 amide bonds. The van der Waals surface area contributed by atoms with E-state index in [1.165, 1.54) is 9.47 Å². The summed E-state index contributed by atoms with van der Waals surface area (Å²) in [7, 11) is 0.695. The molecule has 0 aliphatic carbocycles. The van der Waals surface area contributed by atoms with Crippen molar-refractivity contribution in [2.45, 2.75) is 65.5 Å². The number of benzene rings is 2. The second-order valence-corrected chi connectivity index (χ2v) is 22.2. The number of fused-ring (bicyclic) bond motifs is 1. The molecule has 14 heteroatoms. The molecule has 0 bridgehead atoms. The molecule has 56 heavy (non-hydrogen) atoms. The monoisotopic (exact) mass is 783 g/mol. The molecular formula is C42H57N7O6Si. The van der Waals surface area contributed by atoms with Gasteiger partial charge in [-0.3, -0.25) is 14.3 Å². The van der Waals surface area contributed by atoms with Crippen molar-refractivity contribution in [1.29, 1.82) is 0 Å². The van der Waals surface area contributed by atoms with Gasteiger partial charge in [0, 0.05) is 64.2 Å². The van der Waals surface area contributed by atoms with E-state index in [9.17, 15) is 19.5 Å². The standard InChI is InChI=1S/C42H57N7O6Si/c1-31(38-24-34-23-33(40(52)47-18-16-45(5)17-19-47)14-15-37(34)49(38)41(53)55-42(2,3)4)22-35(27-46(29-50)30-54-20-21-56(6,7)8)39(51)44-36-25-43-48(28-36)26-32-12-10-9-11-13-32/h9-15,22-25,27-28,50H,16-21,26,29-30H2,1-8H3,(H,44,51)/b31-22+,35-27+. The minimum Gasteiger partial charge on any atom is -0.443 e. The number of nitrogens with zero attached hydrogens (tertiary/aromatic N) is 6. The number of piperazine rings is 1. The van der Waals surface area contributed by atoms with Crippen LogP contribution in [0.1, 0.15) is 49.3 Å². The molecule has 0 saturated carbocycles. The van der Waals surface area contributed by atoms with Gasteiger partial charge in [-0.15, -0.1) is 0 Å². The van der Waals surface area contributed by atoms with Gasteiger partial charge in [0.05, 0.1) is 35.2 Å². The van der Waals surface area contributed by atoms with Crippen LogP contribution in [0.15, 0.2) is 84.8 Å². The van der Waals surface area contributed by atoms with Gasteiger partial charge < -0.3 is 34.6 Å². The van der Waals surface area contributed by atoms with Crippen molar-refractivity contribution in [2.75, 3.05) is 58.6 Å². The van der Waals surface area contributed by atoms with Crippen molar-refractivity contribution < 1.29 is 29.0 Å². The van der Waals surface area contributed by atoms with Crippen molar-refractivity contribution >= 4 is 48.1 Å². The Balaban J connectivity index is 1.51. The molecule has 2 N–H and O–H groups in total. The van der Waals surface area contributed by atoms with E-state index in [2.05, 4.69) is 35.0 Å². The van der Waals surface area contributed by atoms with Crippen molar-refractivity contribution in [3.63, 3.8) is 0 Å². The minimum atomic E-state index is -1.35. The smallest absolute Gasteiger partial charge is 0.419 e. The SMILES string of the molecule is C/C(=C\C(=C/N(CO)COCC[Si](C)(C)C)C(=O)Nc1cnn(Cc2ccccc2)c1)c1cc2cc(C(=O)N3CCN(C)CC3)ccc2n1C(=O)OC(C)(C)C. The second kappa shape index (κ2) is 18.3. The molecule has 1 fully saturated rings. The van der Waals surface area contributed by atoms with Gasteiger partial charge in [0.25, 0.3) is 11.8 Å². The summed E-state index contributed by atoms with van der Waals surface area (Å²) in [5, 5.41) is 18.4. The fourth-order valence-corrected chi connectivity index (χ4v) is 6.92. The number of likely N-dealkylation sites (N-methyl/N-ethyl adjacent to an activating group) is 1. The minimum absolute atomic E-state index is 0.0658. The Labute approximate surface area is 331 Å². The number of hydrogen-bond acceptors (Lipinski definition) is 9. The number of hydrogen-bond donors (Lipinski definition) is 2. The molecule has 2 aromatic heterocycles. The first-order chi connectivity index (χ1) is 26.5. The van der Waals surface area contributed by atoms with Crippen molar-refractivity contribution in [2.24, 2.45) is 0 Å². The molecule has 300 valence electrons. The molecular weight excluding hydrogens is 727 g/mol. The Morgan fingerprint density at radius 1 is 1.02 bits per heavy atom. The topological polar surface area (TPSA) is 134 Å². The normalized spacial score (nSPS) is 14.6. The molecule has 3 heterocycles. The molecule has 0 atom stereocenters. The first kappa shape index (κ1) is 42.1. The predicted octanol–water partition coefficient (Wildman–Crippen LogP) is 6.55. The van der Waals surface area contributed by atoms with Gasteiger partial charge in [0.15, 0.2) is 0 Å². The molecule has 0 radical (unpaired) electrons. The van der Waals surface area contributed by atoms with Crippen LogP contribution in [-0.2, 0) is 20.8 Å². The van der Waals surface area contributed by atoms with Crippen LogP contribution in [0, 0.1) is 0 Å². The molecule has 1 aliphatic rings. The predicted molar refractivity (Wildman–Crippen MR) is 223 cm³/mol. The van der Waals surface area contributed by atoms with Gasteiger partial charge in [0.1, 0.15) is 19.1 Å². The van der Waals surface area contributed by atoms with E-state index in [4.69, 9.17) is 9.47 Å². The Morgan fingerprint density at radius 3 is 2.39 bits per heavy atom. The van der Waals surface area contributed by atoms with E-state index >= 15 is 0 Å². The maximum absolute atomic E-state index is 14.1. The van der Waals surface area contributed by atoms with Crippen LogP contribution in [0.4, 0.5) is 10.5 Å². The Hall–Kier alpha value is -5.02. The number of aliphatic hydroxyl groups excluding tert-OH is 1. The Morgan fingerprint density at radius 2 is 1.73 bits per heavy atom. The summed E-state index contributed by atoms with van der Waals surface area (Å²) in [6.45, 7) is 17.6. The quantitative estimate of drug-likeness (QED) is 0.0481. The molecule has 13 nitrogen and oxygen atoms in total. The fourth-order valence-electron chi connectivity index (χ4n) is 6.17. The average Bonchev–Trinajstić information content (AvgIpc) is 3.75.